The Morgan fingerprint density at radius 2 is 1.86 bits per heavy atom. The van der Waals surface area contributed by atoms with Crippen LogP contribution in [-0.2, 0) is 25.6 Å². The molecule has 22 heavy (non-hydrogen) atoms. The molecule has 0 unspecified atom stereocenters. The number of hydrogen-bond acceptors (Lipinski definition) is 5. The summed E-state index contributed by atoms with van der Waals surface area (Å²) in [4.78, 5) is 0. The Hall–Kier alpha value is -0.980. The highest BCUT2D eigenvalue weighted by atomic mass is 16.8. The SMILES string of the molecule is CC1(C)O[C@H]2O[C@]3(C[C@@H](O)C3)[C@H](OCc3ccccc3)[C@H]2O1. The molecule has 1 N–H and O–H groups in total. The summed E-state index contributed by atoms with van der Waals surface area (Å²) in [5.74, 6) is -0.659. The first-order valence-corrected chi connectivity index (χ1v) is 7.85. The van der Waals surface area contributed by atoms with E-state index < -0.39 is 17.7 Å². The summed E-state index contributed by atoms with van der Waals surface area (Å²) in [7, 11) is 0. The van der Waals surface area contributed by atoms with E-state index in [0.717, 1.165) is 5.56 Å². The second-order valence-corrected chi connectivity index (χ2v) is 6.93. The van der Waals surface area contributed by atoms with Crippen molar-refractivity contribution >= 4 is 0 Å². The number of fused-ring (bicyclic) bond motifs is 1. The van der Waals surface area contributed by atoms with Crippen molar-refractivity contribution < 1.29 is 24.1 Å². The average molecular weight is 306 g/mol. The third-order valence-electron chi connectivity index (χ3n) is 4.69. The molecule has 1 aromatic rings. The standard InChI is InChI=1S/C17H22O5/c1-16(2)20-13-14(19-10-11-6-4-3-5-7-11)17(8-12(18)9-17)22-15(13)21-16/h3-7,12-15,18H,8-10H2,1-2H3/t12-,13-,14-,15+,17+/m1/s1. The number of aliphatic hydroxyl groups excluding tert-OH is 1. The van der Waals surface area contributed by atoms with Crippen LogP contribution in [-0.4, -0.2) is 41.1 Å². The topological polar surface area (TPSA) is 57.2 Å². The molecule has 2 heterocycles. The Bertz CT molecular complexity index is 537. The van der Waals surface area contributed by atoms with Crippen molar-refractivity contribution in [2.24, 2.45) is 0 Å². The largest absolute Gasteiger partial charge is 0.393 e. The summed E-state index contributed by atoms with van der Waals surface area (Å²) in [5, 5.41) is 9.73. The Morgan fingerprint density at radius 3 is 2.55 bits per heavy atom. The third-order valence-corrected chi connectivity index (χ3v) is 4.69. The van der Waals surface area contributed by atoms with Crippen molar-refractivity contribution in [2.75, 3.05) is 0 Å². The minimum atomic E-state index is -0.659. The average Bonchev–Trinajstić information content (AvgIpc) is 2.86. The summed E-state index contributed by atoms with van der Waals surface area (Å²) in [5.41, 5.74) is 0.638. The molecule has 120 valence electrons. The molecule has 3 aliphatic rings. The van der Waals surface area contributed by atoms with Gasteiger partial charge < -0.3 is 24.1 Å². The van der Waals surface area contributed by atoms with Crippen molar-refractivity contribution in [2.45, 2.75) is 69.3 Å². The van der Waals surface area contributed by atoms with Crippen LogP contribution in [0.4, 0.5) is 0 Å². The molecule has 1 aliphatic carbocycles. The number of hydrogen-bond donors (Lipinski definition) is 1. The summed E-state index contributed by atoms with van der Waals surface area (Å²) < 4.78 is 24.0. The second-order valence-electron chi connectivity index (χ2n) is 6.93. The van der Waals surface area contributed by atoms with Crippen LogP contribution >= 0.6 is 0 Å². The minimum Gasteiger partial charge on any atom is -0.393 e. The van der Waals surface area contributed by atoms with Gasteiger partial charge in [0, 0.05) is 12.8 Å². The second kappa shape index (κ2) is 5.01. The fraction of sp³-hybridized carbons (Fsp3) is 0.647. The van der Waals surface area contributed by atoms with E-state index in [4.69, 9.17) is 18.9 Å². The summed E-state index contributed by atoms with van der Waals surface area (Å²) in [6.45, 7) is 4.26. The Balaban J connectivity index is 1.51. The number of ether oxygens (including phenoxy) is 4. The van der Waals surface area contributed by atoms with Gasteiger partial charge in [0.1, 0.15) is 17.8 Å². The van der Waals surface area contributed by atoms with E-state index in [0.29, 0.717) is 19.4 Å². The maximum atomic E-state index is 9.73. The molecule has 1 aromatic carbocycles. The molecule has 3 fully saturated rings. The smallest absolute Gasteiger partial charge is 0.190 e. The molecule has 3 atom stereocenters. The minimum absolute atomic E-state index is 0.220. The molecule has 1 saturated carbocycles. The first-order chi connectivity index (χ1) is 10.5. The molecule has 5 nitrogen and oxygen atoms in total. The van der Waals surface area contributed by atoms with Gasteiger partial charge in [-0.3, -0.25) is 0 Å². The van der Waals surface area contributed by atoms with Gasteiger partial charge in [-0.1, -0.05) is 30.3 Å². The summed E-state index contributed by atoms with van der Waals surface area (Å²) in [6, 6.07) is 10.0. The van der Waals surface area contributed by atoms with Crippen molar-refractivity contribution in [3.8, 4) is 0 Å². The van der Waals surface area contributed by atoms with Gasteiger partial charge in [-0.2, -0.15) is 0 Å². The van der Waals surface area contributed by atoms with E-state index in [1.807, 2.05) is 44.2 Å². The maximum Gasteiger partial charge on any atom is 0.190 e. The highest BCUT2D eigenvalue weighted by Gasteiger charge is 2.66. The molecule has 0 amide bonds. The van der Waals surface area contributed by atoms with Crippen LogP contribution in [0.15, 0.2) is 30.3 Å². The van der Waals surface area contributed by atoms with Crippen LogP contribution in [0.2, 0.25) is 0 Å². The zero-order chi connectivity index (χ0) is 15.4. The normalized spacial score (nSPS) is 42.3. The van der Waals surface area contributed by atoms with Gasteiger partial charge in [-0.05, 0) is 19.4 Å². The molecule has 4 rings (SSSR count). The van der Waals surface area contributed by atoms with Gasteiger partial charge in [-0.25, -0.2) is 0 Å². The van der Waals surface area contributed by atoms with E-state index in [1.54, 1.807) is 0 Å². The predicted octanol–water partition coefficient (Wildman–Crippen LogP) is 1.97. The molecule has 0 aromatic heterocycles. The zero-order valence-electron chi connectivity index (χ0n) is 12.9. The van der Waals surface area contributed by atoms with Gasteiger partial charge in [0.2, 0.25) is 0 Å². The van der Waals surface area contributed by atoms with Crippen LogP contribution in [0.25, 0.3) is 0 Å². The lowest BCUT2D eigenvalue weighted by atomic mass is 9.73. The Labute approximate surface area is 130 Å². The molecule has 2 saturated heterocycles. The highest BCUT2D eigenvalue weighted by molar-refractivity contribution is 5.15. The molecular weight excluding hydrogens is 284 g/mol. The van der Waals surface area contributed by atoms with Crippen molar-refractivity contribution in [3.05, 3.63) is 35.9 Å². The first kappa shape index (κ1) is 14.6. The lowest BCUT2D eigenvalue weighted by molar-refractivity contribution is -0.274. The van der Waals surface area contributed by atoms with E-state index in [1.165, 1.54) is 0 Å². The Kier molecular flexibility index (Phi) is 3.33. The van der Waals surface area contributed by atoms with Crippen LogP contribution in [0.1, 0.15) is 32.3 Å². The van der Waals surface area contributed by atoms with Gasteiger partial charge >= 0.3 is 0 Å². The van der Waals surface area contributed by atoms with Gasteiger partial charge in [0.25, 0.3) is 0 Å². The number of benzene rings is 1. The van der Waals surface area contributed by atoms with Crippen molar-refractivity contribution in [1.82, 2.24) is 0 Å². The third kappa shape index (κ3) is 2.37. The highest BCUT2D eigenvalue weighted by Crippen LogP contribution is 2.52. The zero-order valence-corrected chi connectivity index (χ0v) is 12.9. The maximum absolute atomic E-state index is 9.73. The van der Waals surface area contributed by atoms with Crippen LogP contribution in [0.3, 0.4) is 0 Å². The van der Waals surface area contributed by atoms with E-state index in [-0.39, 0.29) is 18.3 Å². The van der Waals surface area contributed by atoms with Crippen LogP contribution < -0.4 is 0 Å². The van der Waals surface area contributed by atoms with Gasteiger partial charge in [-0.15, -0.1) is 0 Å². The lowest BCUT2D eigenvalue weighted by Crippen LogP contribution is -2.57. The van der Waals surface area contributed by atoms with E-state index in [2.05, 4.69) is 0 Å². The van der Waals surface area contributed by atoms with Crippen molar-refractivity contribution in [3.63, 3.8) is 0 Å². The molecule has 0 radical (unpaired) electrons. The number of rotatable bonds is 3. The fourth-order valence-electron chi connectivity index (χ4n) is 3.72. The van der Waals surface area contributed by atoms with Gasteiger partial charge in [0.05, 0.1) is 12.7 Å². The quantitative estimate of drug-likeness (QED) is 0.925. The van der Waals surface area contributed by atoms with Crippen LogP contribution in [0, 0.1) is 0 Å². The van der Waals surface area contributed by atoms with E-state index >= 15 is 0 Å². The van der Waals surface area contributed by atoms with Gasteiger partial charge in [0.15, 0.2) is 12.1 Å². The van der Waals surface area contributed by atoms with Crippen molar-refractivity contribution in [1.29, 1.82) is 0 Å². The number of aliphatic hydroxyl groups is 1. The summed E-state index contributed by atoms with van der Waals surface area (Å²) in [6.07, 6.45) is -0.0498. The van der Waals surface area contributed by atoms with Crippen LogP contribution in [0.5, 0.6) is 0 Å². The summed E-state index contributed by atoms with van der Waals surface area (Å²) >= 11 is 0. The molecule has 0 bridgehead atoms. The first-order valence-electron chi connectivity index (χ1n) is 7.85. The van der Waals surface area contributed by atoms with E-state index in [9.17, 15) is 5.11 Å². The lowest BCUT2D eigenvalue weighted by Gasteiger charge is -2.46. The predicted molar refractivity (Wildman–Crippen MR) is 77.9 cm³/mol. The molecule has 2 aliphatic heterocycles. The Morgan fingerprint density at radius 1 is 1.14 bits per heavy atom. The molecule has 5 heteroatoms. The monoisotopic (exact) mass is 306 g/mol. The molecule has 1 spiro atoms. The molecular formula is C17H22O5. The fourth-order valence-corrected chi connectivity index (χ4v) is 3.72.